The maximum Gasteiger partial charge on any atom is 0.279 e. The molecular weight excluding hydrogens is 438 g/mol. The summed E-state index contributed by atoms with van der Waals surface area (Å²) in [6.45, 7) is 3.57. The second-order valence-corrected chi connectivity index (χ2v) is 9.96. The Balaban J connectivity index is 2.00. The van der Waals surface area contributed by atoms with Crippen molar-refractivity contribution in [2.45, 2.75) is 18.4 Å². The minimum Gasteiger partial charge on any atom is -0.497 e. The van der Waals surface area contributed by atoms with Gasteiger partial charge in [-0.1, -0.05) is 11.3 Å². The summed E-state index contributed by atoms with van der Waals surface area (Å²) in [6, 6.07) is 11.5. The molecule has 31 heavy (non-hydrogen) atoms. The summed E-state index contributed by atoms with van der Waals surface area (Å²) in [6.07, 6.45) is 0. The van der Waals surface area contributed by atoms with Gasteiger partial charge in [-0.25, -0.2) is 12.7 Å². The van der Waals surface area contributed by atoms with Crippen molar-refractivity contribution >= 4 is 37.5 Å². The summed E-state index contributed by atoms with van der Waals surface area (Å²) in [4.78, 5) is 17.8. The SMILES string of the molecule is CCOCCn1c(=NC(=O)c2ccc(S(=O)(=O)N(C)C)cc2)sc2cc(OC)ccc21. The maximum atomic E-state index is 12.8. The number of sulfonamides is 1. The van der Waals surface area contributed by atoms with E-state index >= 15 is 0 Å². The molecule has 8 nitrogen and oxygen atoms in total. The fourth-order valence-electron chi connectivity index (χ4n) is 2.91. The van der Waals surface area contributed by atoms with Gasteiger partial charge in [0.2, 0.25) is 10.0 Å². The van der Waals surface area contributed by atoms with Crippen LogP contribution in [0, 0.1) is 0 Å². The summed E-state index contributed by atoms with van der Waals surface area (Å²) in [7, 11) is 0.965. The van der Waals surface area contributed by atoms with Crippen molar-refractivity contribution in [1.82, 2.24) is 8.87 Å². The number of hydrogen-bond acceptors (Lipinski definition) is 6. The number of fused-ring (bicyclic) bond motifs is 1. The molecule has 2 aromatic carbocycles. The number of thiazole rings is 1. The van der Waals surface area contributed by atoms with Crippen molar-refractivity contribution in [1.29, 1.82) is 0 Å². The van der Waals surface area contributed by atoms with Crippen LogP contribution in [0.2, 0.25) is 0 Å². The number of hydrogen-bond donors (Lipinski definition) is 0. The van der Waals surface area contributed by atoms with Crippen molar-refractivity contribution in [2.75, 3.05) is 34.4 Å². The number of ether oxygens (including phenoxy) is 2. The number of benzene rings is 2. The quantitative estimate of drug-likeness (QED) is 0.479. The standard InChI is InChI=1S/C21H25N3O5S2/c1-5-29-13-12-24-18-11-8-16(28-4)14-19(18)30-21(24)22-20(25)15-6-9-17(10-7-15)31(26,27)23(2)3/h6-11,14H,5,12-13H2,1-4H3. The topological polar surface area (TPSA) is 90.2 Å². The zero-order valence-corrected chi connectivity index (χ0v) is 19.5. The molecule has 0 aliphatic carbocycles. The number of rotatable bonds is 8. The molecule has 0 unspecified atom stereocenters. The molecule has 0 fully saturated rings. The smallest absolute Gasteiger partial charge is 0.279 e. The van der Waals surface area contributed by atoms with Crippen molar-refractivity contribution in [3.63, 3.8) is 0 Å². The third-order valence-corrected chi connectivity index (χ3v) is 7.50. The van der Waals surface area contributed by atoms with Gasteiger partial charge in [-0.2, -0.15) is 4.99 Å². The van der Waals surface area contributed by atoms with E-state index < -0.39 is 15.9 Å². The van der Waals surface area contributed by atoms with Gasteiger partial charge in [0.1, 0.15) is 5.75 Å². The van der Waals surface area contributed by atoms with Crippen LogP contribution in [0.15, 0.2) is 52.4 Å². The number of aromatic nitrogens is 1. The third-order valence-electron chi connectivity index (χ3n) is 4.63. The highest BCUT2D eigenvalue weighted by molar-refractivity contribution is 7.89. The Kier molecular flexibility index (Phi) is 7.26. The van der Waals surface area contributed by atoms with Gasteiger partial charge in [0.05, 0.1) is 28.8 Å². The zero-order valence-electron chi connectivity index (χ0n) is 17.9. The second-order valence-electron chi connectivity index (χ2n) is 6.80. The van der Waals surface area contributed by atoms with Crippen molar-refractivity contribution in [3.8, 4) is 5.75 Å². The first-order valence-electron chi connectivity index (χ1n) is 9.64. The van der Waals surface area contributed by atoms with E-state index in [4.69, 9.17) is 9.47 Å². The number of carbonyl (C=O) groups excluding carboxylic acids is 1. The van der Waals surface area contributed by atoms with Gasteiger partial charge < -0.3 is 14.0 Å². The molecule has 0 N–H and O–H groups in total. The number of nitrogens with zero attached hydrogens (tertiary/aromatic N) is 3. The van der Waals surface area contributed by atoms with Gasteiger partial charge in [0.25, 0.3) is 5.91 Å². The van der Waals surface area contributed by atoms with Crippen LogP contribution in [-0.4, -0.2) is 57.6 Å². The lowest BCUT2D eigenvalue weighted by atomic mass is 10.2. The molecule has 0 aliphatic rings. The maximum absolute atomic E-state index is 12.8. The fourth-order valence-corrected chi connectivity index (χ4v) is 4.90. The van der Waals surface area contributed by atoms with Crippen molar-refractivity contribution in [3.05, 3.63) is 52.8 Å². The zero-order chi connectivity index (χ0) is 22.6. The van der Waals surface area contributed by atoms with Crippen LogP contribution in [0.4, 0.5) is 0 Å². The molecule has 1 amide bonds. The molecule has 10 heteroatoms. The summed E-state index contributed by atoms with van der Waals surface area (Å²) in [5.74, 6) is 0.277. The average Bonchev–Trinajstić information content (AvgIpc) is 3.09. The number of amides is 1. The third kappa shape index (κ3) is 5.04. The fraction of sp³-hybridized carbons (Fsp3) is 0.333. The molecule has 0 saturated heterocycles. The van der Waals surface area contributed by atoms with E-state index in [1.165, 1.54) is 49.7 Å². The van der Waals surface area contributed by atoms with Crippen LogP contribution < -0.4 is 9.54 Å². The number of methoxy groups -OCH3 is 1. The van der Waals surface area contributed by atoms with E-state index in [0.717, 1.165) is 20.3 Å². The lowest BCUT2D eigenvalue weighted by molar-refractivity contribution is 0.0996. The second kappa shape index (κ2) is 9.73. The minimum absolute atomic E-state index is 0.120. The van der Waals surface area contributed by atoms with Crippen LogP contribution in [0.1, 0.15) is 17.3 Å². The van der Waals surface area contributed by atoms with E-state index in [2.05, 4.69) is 4.99 Å². The molecule has 3 rings (SSSR count). The Morgan fingerprint density at radius 1 is 1.16 bits per heavy atom. The predicted molar refractivity (Wildman–Crippen MR) is 120 cm³/mol. The Hall–Kier alpha value is -2.53. The predicted octanol–water partition coefficient (Wildman–Crippen LogP) is 2.74. The van der Waals surface area contributed by atoms with Gasteiger partial charge >= 0.3 is 0 Å². The highest BCUT2D eigenvalue weighted by Gasteiger charge is 2.17. The van der Waals surface area contributed by atoms with Gasteiger partial charge in [-0.15, -0.1) is 0 Å². The lowest BCUT2D eigenvalue weighted by Gasteiger charge is -2.11. The summed E-state index contributed by atoms with van der Waals surface area (Å²) >= 11 is 1.38. The summed E-state index contributed by atoms with van der Waals surface area (Å²) in [5, 5.41) is 0. The normalized spacial score (nSPS) is 12.6. The first kappa shape index (κ1) is 23.1. The van der Waals surface area contributed by atoms with Crippen LogP contribution in [0.5, 0.6) is 5.75 Å². The Bertz CT molecular complexity index is 1240. The summed E-state index contributed by atoms with van der Waals surface area (Å²) in [5.41, 5.74) is 1.24. The first-order chi connectivity index (χ1) is 14.8. The largest absolute Gasteiger partial charge is 0.497 e. The molecule has 0 spiro atoms. The van der Waals surface area contributed by atoms with Crippen molar-refractivity contribution in [2.24, 2.45) is 4.99 Å². The molecule has 166 valence electrons. The van der Waals surface area contributed by atoms with E-state index in [0.29, 0.717) is 30.1 Å². The molecule has 3 aromatic rings. The van der Waals surface area contributed by atoms with E-state index in [1.54, 1.807) is 7.11 Å². The highest BCUT2D eigenvalue weighted by Crippen LogP contribution is 2.23. The monoisotopic (exact) mass is 463 g/mol. The van der Waals surface area contributed by atoms with Gasteiger partial charge in [-0.05, 0) is 49.4 Å². The molecular formula is C21H25N3O5S2. The van der Waals surface area contributed by atoms with Gasteiger partial charge in [0.15, 0.2) is 4.80 Å². The molecule has 0 aliphatic heterocycles. The average molecular weight is 464 g/mol. The van der Waals surface area contributed by atoms with Crippen LogP contribution >= 0.6 is 11.3 Å². The minimum atomic E-state index is -3.56. The molecule has 1 heterocycles. The summed E-state index contributed by atoms with van der Waals surface area (Å²) < 4.78 is 39.2. The molecule has 1 aromatic heterocycles. The number of carbonyl (C=O) groups is 1. The van der Waals surface area contributed by atoms with E-state index in [9.17, 15) is 13.2 Å². The highest BCUT2D eigenvalue weighted by atomic mass is 32.2. The van der Waals surface area contributed by atoms with Gasteiger partial charge in [-0.3, -0.25) is 4.79 Å². The van der Waals surface area contributed by atoms with Crippen molar-refractivity contribution < 1.29 is 22.7 Å². The molecule has 0 saturated carbocycles. The lowest BCUT2D eigenvalue weighted by Crippen LogP contribution is -2.22. The molecule has 0 atom stereocenters. The Morgan fingerprint density at radius 2 is 1.87 bits per heavy atom. The Labute approximate surface area is 185 Å². The van der Waals surface area contributed by atoms with E-state index in [-0.39, 0.29) is 4.90 Å². The van der Waals surface area contributed by atoms with Crippen LogP contribution in [-0.2, 0) is 21.3 Å². The first-order valence-corrected chi connectivity index (χ1v) is 11.9. The van der Waals surface area contributed by atoms with E-state index in [1.807, 2.05) is 29.7 Å². The Morgan fingerprint density at radius 3 is 2.48 bits per heavy atom. The molecule has 0 bridgehead atoms. The molecule has 0 radical (unpaired) electrons. The van der Waals surface area contributed by atoms with Crippen LogP contribution in [0.3, 0.4) is 0 Å². The van der Waals surface area contributed by atoms with Gasteiger partial charge in [0, 0.05) is 32.8 Å². The van der Waals surface area contributed by atoms with Crippen LogP contribution in [0.25, 0.3) is 10.2 Å².